The molecule has 0 bridgehead atoms. The first kappa shape index (κ1) is 20.4. The summed E-state index contributed by atoms with van der Waals surface area (Å²) in [6.07, 6.45) is -0.244. The topological polar surface area (TPSA) is 61.8 Å². The van der Waals surface area contributed by atoms with Crippen LogP contribution in [0.5, 0.6) is 0 Å². The first-order chi connectivity index (χ1) is 12.6. The van der Waals surface area contributed by atoms with Gasteiger partial charge in [0.15, 0.2) is 0 Å². The monoisotopic (exact) mass is 424 g/mol. The maximum absolute atomic E-state index is 13.1. The molecule has 150 valence electrons. The Bertz CT molecular complexity index is 926. The van der Waals surface area contributed by atoms with Crippen molar-refractivity contribution in [3.05, 3.63) is 42.5 Å². The van der Waals surface area contributed by atoms with Gasteiger partial charge in [0, 0.05) is 31.3 Å². The van der Waals surface area contributed by atoms with Gasteiger partial charge in [-0.15, -0.1) is 0 Å². The third-order valence-electron chi connectivity index (χ3n) is 4.53. The van der Waals surface area contributed by atoms with Crippen LogP contribution in [0.3, 0.4) is 0 Å². The third-order valence-corrected chi connectivity index (χ3v) is 9.98. The van der Waals surface area contributed by atoms with E-state index in [1.165, 1.54) is 14.2 Å². The molecule has 0 radical (unpaired) electrons. The van der Waals surface area contributed by atoms with Crippen molar-refractivity contribution in [2.45, 2.75) is 28.4 Å². The molecule has 1 aliphatic rings. The van der Waals surface area contributed by atoms with Crippen LogP contribution in [0.4, 0.5) is 13.2 Å². The number of halogens is 3. The Balaban J connectivity index is 2.25. The van der Waals surface area contributed by atoms with Crippen molar-refractivity contribution in [3.8, 4) is 0 Å². The molecule has 27 heavy (non-hydrogen) atoms. The molecular weight excluding hydrogens is 405 g/mol. The van der Waals surface area contributed by atoms with Gasteiger partial charge in [-0.2, -0.15) is 21.6 Å². The highest BCUT2D eigenvalue weighted by Crippen LogP contribution is 2.69. The van der Waals surface area contributed by atoms with Crippen LogP contribution in [-0.2, 0) is 23.2 Å². The summed E-state index contributed by atoms with van der Waals surface area (Å²) in [4.78, 5) is 0.403. The summed E-state index contributed by atoms with van der Waals surface area (Å²) < 4.78 is 79.0. The van der Waals surface area contributed by atoms with Crippen molar-refractivity contribution in [1.29, 1.82) is 0 Å². The predicted octanol–water partition coefficient (Wildman–Crippen LogP) is 4.18. The van der Waals surface area contributed by atoms with Gasteiger partial charge in [-0.05, 0) is 16.8 Å². The highest BCUT2D eigenvalue weighted by molar-refractivity contribution is 8.33. The van der Waals surface area contributed by atoms with Crippen molar-refractivity contribution in [3.63, 3.8) is 0 Å². The van der Waals surface area contributed by atoms with Crippen molar-refractivity contribution < 1.29 is 34.7 Å². The molecule has 0 aliphatic carbocycles. The van der Waals surface area contributed by atoms with E-state index in [4.69, 9.17) is 13.1 Å². The number of rotatable bonds is 5. The third kappa shape index (κ3) is 3.56. The van der Waals surface area contributed by atoms with Gasteiger partial charge in [-0.3, -0.25) is 0 Å². The van der Waals surface area contributed by atoms with E-state index in [-0.39, 0.29) is 12.2 Å². The zero-order valence-corrected chi connectivity index (χ0v) is 16.2. The summed E-state index contributed by atoms with van der Waals surface area (Å²) in [6, 6.07) is 12.1. The number of benzene rings is 2. The first-order valence-electron chi connectivity index (χ1n) is 8.00. The van der Waals surface area contributed by atoms with Gasteiger partial charge in [-0.25, -0.2) is 3.63 Å². The minimum Gasteiger partial charge on any atom is -0.380 e. The predicted molar refractivity (Wildman–Crippen MR) is 96.9 cm³/mol. The lowest BCUT2D eigenvalue weighted by atomic mass is 10.1. The van der Waals surface area contributed by atoms with E-state index in [1.54, 1.807) is 42.5 Å². The average Bonchev–Trinajstić information content (AvgIpc) is 2.98. The molecule has 3 rings (SSSR count). The van der Waals surface area contributed by atoms with Crippen LogP contribution in [0.25, 0.3) is 10.8 Å². The fraction of sp³-hybridized carbons (Fsp3) is 0.412. The van der Waals surface area contributed by atoms with Crippen molar-refractivity contribution in [2.75, 3.05) is 20.0 Å². The molecule has 5 nitrogen and oxygen atoms in total. The maximum Gasteiger partial charge on any atom is 0.523 e. The highest BCUT2D eigenvalue weighted by Gasteiger charge is 2.56. The Morgan fingerprint density at radius 3 is 2.33 bits per heavy atom. The van der Waals surface area contributed by atoms with E-state index < -0.39 is 37.5 Å². The smallest absolute Gasteiger partial charge is 0.380 e. The molecule has 1 aliphatic heterocycles. The molecular formula is C17H19F3O5S2. The Morgan fingerprint density at radius 1 is 1.04 bits per heavy atom. The lowest BCUT2D eigenvalue weighted by Gasteiger charge is -2.39. The summed E-state index contributed by atoms with van der Waals surface area (Å²) in [7, 11) is -6.09. The largest absolute Gasteiger partial charge is 0.523 e. The van der Waals surface area contributed by atoms with Gasteiger partial charge in [0.05, 0.1) is 6.10 Å². The maximum atomic E-state index is 13.1. The molecule has 0 N–H and O–H groups in total. The van der Waals surface area contributed by atoms with E-state index >= 15 is 0 Å². The molecule has 1 saturated heterocycles. The van der Waals surface area contributed by atoms with Gasteiger partial charge in [0.1, 0.15) is 5.44 Å². The van der Waals surface area contributed by atoms with Crippen molar-refractivity contribution in [1.82, 2.24) is 0 Å². The van der Waals surface area contributed by atoms with Gasteiger partial charge in [0.2, 0.25) is 0 Å². The summed E-state index contributed by atoms with van der Waals surface area (Å²) in [6.45, 7) is 0. The van der Waals surface area contributed by atoms with E-state index in [0.717, 1.165) is 5.39 Å². The lowest BCUT2D eigenvalue weighted by Crippen LogP contribution is -2.30. The molecule has 2 aromatic carbocycles. The SMILES string of the molecule is COC1CC(OC)S(OS(=O)(=O)C(F)(F)F)(c2cccc3ccccc23)C1. The van der Waals surface area contributed by atoms with Crippen molar-refractivity contribution in [2.24, 2.45) is 0 Å². The number of methoxy groups -OCH3 is 2. The average molecular weight is 424 g/mol. The zero-order chi connectivity index (χ0) is 19.9. The zero-order valence-electron chi connectivity index (χ0n) is 14.6. The molecule has 10 heteroatoms. The summed E-state index contributed by atoms with van der Waals surface area (Å²) in [5.74, 6) is -0.00861. The highest BCUT2D eigenvalue weighted by atomic mass is 32.3. The van der Waals surface area contributed by atoms with Gasteiger partial charge in [0.25, 0.3) is 0 Å². The second-order valence-electron chi connectivity index (χ2n) is 6.10. The Kier molecular flexibility index (Phi) is 5.48. The molecule has 1 fully saturated rings. The fourth-order valence-electron chi connectivity index (χ4n) is 3.27. The quantitative estimate of drug-likeness (QED) is 0.674. The van der Waals surface area contributed by atoms with Crippen LogP contribution in [0.2, 0.25) is 0 Å². The van der Waals surface area contributed by atoms with Gasteiger partial charge in [-0.1, -0.05) is 46.7 Å². The fourth-order valence-corrected chi connectivity index (χ4v) is 8.93. The molecule has 0 amide bonds. The van der Waals surface area contributed by atoms with Crippen LogP contribution >= 0.6 is 10.3 Å². The minimum absolute atomic E-state index is 0.00861. The molecule has 2 aromatic rings. The van der Waals surface area contributed by atoms with E-state index in [1.807, 2.05) is 0 Å². The van der Waals surface area contributed by atoms with E-state index in [9.17, 15) is 21.6 Å². The molecule has 0 spiro atoms. The lowest BCUT2D eigenvalue weighted by molar-refractivity contribution is -0.0497. The molecule has 1 heterocycles. The Morgan fingerprint density at radius 2 is 1.70 bits per heavy atom. The molecule has 3 unspecified atom stereocenters. The van der Waals surface area contributed by atoms with Crippen LogP contribution in [0, 0.1) is 0 Å². The van der Waals surface area contributed by atoms with Crippen LogP contribution in [0.15, 0.2) is 47.4 Å². The standard InChI is InChI=1S/C17H19F3O5S2/c1-23-13-10-16(24-2)26(11-13,25-27(21,22)17(18,19)20)15-9-5-7-12-6-3-4-8-14(12)15/h3-9,13,16H,10-11H2,1-2H3. The first-order valence-corrected chi connectivity index (χ1v) is 11.2. The Hall–Kier alpha value is -1.33. The number of ether oxygens (including phenoxy) is 2. The van der Waals surface area contributed by atoms with E-state index in [0.29, 0.717) is 10.3 Å². The second kappa shape index (κ2) is 7.25. The van der Waals surface area contributed by atoms with Crippen LogP contribution < -0.4 is 0 Å². The normalized spacial score (nSPS) is 28.9. The van der Waals surface area contributed by atoms with Crippen LogP contribution in [-0.4, -0.2) is 45.4 Å². The van der Waals surface area contributed by atoms with Gasteiger partial charge >= 0.3 is 15.6 Å². The number of hydrogen-bond acceptors (Lipinski definition) is 5. The van der Waals surface area contributed by atoms with Crippen molar-refractivity contribution >= 4 is 31.2 Å². The van der Waals surface area contributed by atoms with E-state index in [2.05, 4.69) is 0 Å². The second-order valence-corrected chi connectivity index (χ2v) is 10.8. The molecule has 0 aromatic heterocycles. The molecule has 3 atom stereocenters. The molecule has 0 saturated carbocycles. The summed E-state index contributed by atoms with van der Waals surface area (Å²) in [5, 5.41) is 1.40. The number of alkyl halides is 3. The number of fused-ring (bicyclic) bond motifs is 1. The minimum atomic E-state index is -5.83. The van der Waals surface area contributed by atoms with Gasteiger partial charge < -0.3 is 9.47 Å². The number of hydrogen-bond donors (Lipinski definition) is 0. The summed E-state index contributed by atoms with van der Waals surface area (Å²) >= 11 is 0. The van der Waals surface area contributed by atoms with Crippen LogP contribution in [0.1, 0.15) is 6.42 Å². The Labute approximate surface area is 157 Å². The summed E-state index contributed by atoms with van der Waals surface area (Å²) in [5.41, 5.74) is -6.38.